The summed E-state index contributed by atoms with van der Waals surface area (Å²) in [5.41, 5.74) is 1.37. The van der Waals surface area contributed by atoms with Crippen molar-refractivity contribution >= 4 is 40.0 Å². The van der Waals surface area contributed by atoms with Crippen LogP contribution in [0.1, 0.15) is 36.5 Å². The van der Waals surface area contributed by atoms with Gasteiger partial charge >= 0.3 is 0 Å². The summed E-state index contributed by atoms with van der Waals surface area (Å²) >= 11 is 0. The highest BCUT2D eigenvalue weighted by molar-refractivity contribution is 8.93. The lowest BCUT2D eigenvalue weighted by Gasteiger charge is -2.25. The first-order chi connectivity index (χ1) is 13.0. The molecule has 0 saturated heterocycles. The fourth-order valence-electron chi connectivity index (χ4n) is 3.18. The van der Waals surface area contributed by atoms with Gasteiger partial charge in [-0.3, -0.25) is 19.9 Å². The van der Waals surface area contributed by atoms with E-state index < -0.39 is 4.92 Å². The third-order valence-electron chi connectivity index (χ3n) is 4.86. The van der Waals surface area contributed by atoms with Gasteiger partial charge in [-0.15, -0.1) is 17.0 Å². The Morgan fingerprint density at radius 2 is 1.82 bits per heavy atom. The van der Waals surface area contributed by atoms with Crippen LogP contribution in [0.25, 0.3) is 0 Å². The third-order valence-corrected chi connectivity index (χ3v) is 4.86. The lowest BCUT2D eigenvalue weighted by atomic mass is 10.0. The highest BCUT2D eigenvalue weighted by Gasteiger charge is 2.21. The van der Waals surface area contributed by atoms with Crippen molar-refractivity contribution in [1.29, 1.82) is 0 Å². The van der Waals surface area contributed by atoms with Crippen molar-refractivity contribution in [2.45, 2.75) is 26.2 Å². The van der Waals surface area contributed by atoms with Gasteiger partial charge in [0.05, 0.1) is 11.5 Å². The SMILES string of the molecule is Br.CC1CCN=C(N(CC(=O)c2ccc([N+](=O)[O-])cc2)c2ccccc2)CC1. The summed E-state index contributed by atoms with van der Waals surface area (Å²) in [4.78, 5) is 29.9. The number of anilines is 1. The maximum atomic E-state index is 12.8. The average molecular weight is 446 g/mol. The fourth-order valence-corrected chi connectivity index (χ4v) is 3.18. The van der Waals surface area contributed by atoms with Crippen molar-refractivity contribution in [1.82, 2.24) is 0 Å². The summed E-state index contributed by atoms with van der Waals surface area (Å²) < 4.78 is 0. The van der Waals surface area contributed by atoms with Crippen molar-refractivity contribution in [3.8, 4) is 0 Å². The summed E-state index contributed by atoms with van der Waals surface area (Å²) in [6.45, 7) is 3.16. The number of amidine groups is 1. The van der Waals surface area contributed by atoms with Crippen LogP contribution in [0.2, 0.25) is 0 Å². The highest BCUT2D eigenvalue weighted by atomic mass is 79.9. The van der Waals surface area contributed by atoms with E-state index in [0.29, 0.717) is 11.5 Å². The van der Waals surface area contributed by atoms with Gasteiger partial charge in [0.1, 0.15) is 5.84 Å². The molecule has 2 aromatic carbocycles. The second kappa shape index (κ2) is 10.1. The van der Waals surface area contributed by atoms with E-state index in [0.717, 1.165) is 37.3 Å². The smallest absolute Gasteiger partial charge is 0.269 e. The molecule has 3 rings (SSSR count). The number of hydrogen-bond acceptors (Lipinski definition) is 5. The number of benzene rings is 2. The molecule has 0 aromatic heterocycles. The quantitative estimate of drug-likeness (QED) is 0.365. The minimum absolute atomic E-state index is 0. The molecule has 0 saturated carbocycles. The van der Waals surface area contributed by atoms with Crippen molar-refractivity contribution in [3.05, 3.63) is 70.3 Å². The number of halogens is 1. The number of Topliss-reactive ketones (excluding diaryl/α,β-unsaturated/α-hetero) is 1. The normalized spacial score (nSPS) is 16.3. The van der Waals surface area contributed by atoms with Gasteiger partial charge in [-0.25, -0.2) is 0 Å². The van der Waals surface area contributed by atoms with Crippen LogP contribution in [-0.2, 0) is 0 Å². The van der Waals surface area contributed by atoms with Crippen LogP contribution >= 0.6 is 17.0 Å². The number of nitro benzene ring substituents is 1. The molecule has 1 heterocycles. The van der Waals surface area contributed by atoms with Crippen LogP contribution in [0, 0.1) is 16.0 Å². The van der Waals surface area contributed by atoms with Gasteiger partial charge in [0, 0.05) is 36.3 Å². The molecule has 1 unspecified atom stereocenters. The van der Waals surface area contributed by atoms with Crippen LogP contribution in [0.3, 0.4) is 0 Å². The first-order valence-electron chi connectivity index (χ1n) is 9.18. The van der Waals surface area contributed by atoms with Gasteiger partial charge in [0.2, 0.25) is 0 Å². The lowest BCUT2D eigenvalue weighted by molar-refractivity contribution is -0.384. The van der Waals surface area contributed by atoms with Gasteiger partial charge < -0.3 is 4.90 Å². The van der Waals surface area contributed by atoms with Crippen LogP contribution in [0.15, 0.2) is 59.6 Å². The molecule has 1 aliphatic heterocycles. The molecule has 1 atom stereocenters. The first-order valence-corrected chi connectivity index (χ1v) is 9.18. The summed E-state index contributed by atoms with van der Waals surface area (Å²) in [5, 5.41) is 10.8. The summed E-state index contributed by atoms with van der Waals surface area (Å²) in [7, 11) is 0. The van der Waals surface area contributed by atoms with E-state index in [2.05, 4.69) is 6.92 Å². The number of ketones is 1. The second-order valence-electron chi connectivity index (χ2n) is 6.88. The Bertz CT molecular complexity index is 838. The number of para-hydroxylation sites is 1. The van der Waals surface area contributed by atoms with E-state index in [9.17, 15) is 14.9 Å². The number of carbonyl (C=O) groups excluding carboxylic acids is 1. The molecule has 7 heteroatoms. The van der Waals surface area contributed by atoms with E-state index in [-0.39, 0.29) is 35.0 Å². The number of rotatable bonds is 5. The first kappa shape index (κ1) is 21.8. The summed E-state index contributed by atoms with van der Waals surface area (Å²) in [6.07, 6.45) is 2.94. The number of nitrogens with zero attached hydrogens (tertiary/aromatic N) is 3. The zero-order chi connectivity index (χ0) is 19.2. The zero-order valence-electron chi connectivity index (χ0n) is 15.8. The minimum atomic E-state index is -0.466. The molecule has 0 bridgehead atoms. The van der Waals surface area contributed by atoms with Gasteiger partial charge in [-0.2, -0.15) is 0 Å². The van der Waals surface area contributed by atoms with Crippen molar-refractivity contribution in [3.63, 3.8) is 0 Å². The Balaban J connectivity index is 0.00000280. The second-order valence-corrected chi connectivity index (χ2v) is 6.88. The molecule has 28 heavy (non-hydrogen) atoms. The maximum Gasteiger partial charge on any atom is 0.269 e. The van der Waals surface area contributed by atoms with Crippen molar-refractivity contribution < 1.29 is 9.72 Å². The highest BCUT2D eigenvalue weighted by Crippen LogP contribution is 2.22. The predicted octanol–water partition coefficient (Wildman–Crippen LogP) is 5.08. The molecular weight excluding hydrogens is 422 g/mol. The molecule has 0 fully saturated rings. The van der Waals surface area contributed by atoms with Gasteiger partial charge in [0.25, 0.3) is 5.69 Å². The number of nitro groups is 1. The Kier molecular flexibility index (Phi) is 7.87. The van der Waals surface area contributed by atoms with E-state index in [1.807, 2.05) is 35.2 Å². The Morgan fingerprint density at radius 1 is 1.14 bits per heavy atom. The van der Waals surface area contributed by atoms with Crippen LogP contribution in [0.4, 0.5) is 11.4 Å². The van der Waals surface area contributed by atoms with E-state index in [1.165, 1.54) is 24.3 Å². The number of non-ortho nitro benzene ring substituents is 1. The Morgan fingerprint density at radius 3 is 2.46 bits per heavy atom. The maximum absolute atomic E-state index is 12.8. The topological polar surface area (TPSA) is 75.8 Å². The van der Waals surface area contributed by atoms with Gasteiger partial charge in [0.15, 0.2) is 5.78 Å². The van der Waals surface area contributed by atoms with Crippen molar-refractivity contribution in [2.24, 2.45) is 10.9 Å². The Labute approximate surface area is 175 Å². The van der Waals surface area contributed by atoms with Crippen LogP contribution < -0.4 is 4.90 Å². The monoisotopic (exact) mass is 445 g/mol. The molecular formula is C21H24BrN3O3. The summed E-state index contributed by atoms with van der Waals surface area (Å²) in [5.74, 6) is 1.46. The molecule has 148 valence electrons. The van der Waals surface area contributed by atoms with E-state index >= 15 is 0 Å². The largest absolute Gasteiger partial charge is 0.322 e. The molecule has 1 aliphatic rings. The fraction of sp³-hybridized carbons (Fsp3) is 0.333. The predicted molar refractivity (Wildman–Crippen MR) is 117 cm³/mol. The number of hydrogen-bond donors (Lipinski definition) is 0. The van der Waals surface area contributed by atoms with E-state index in [1.54, 1.807) is 0 Å². The molecule has 0 aliphatic carbocycles. The molecule has 0 N–H and O–H groups in total. The molecule has 6 nitrogen and oxygen atoms in total. The van der Waals surface area contributed by atoms with Crippen molar-refractivity contribution in [2.75, 3.05) is 18.0 Å². The molecule has 2 aromatic rings. The summed E-state index contributed by atoms with van der Waals surface area (Å²) in [6, 6.07) is 15.5. The minimum Gasteiger partial charge on any atom is -0.322 e. The lowest BCUT2D eigenvalue weighted by Crippen LogP contribution is -2.36. The average Bonchev–Trinajstić information content (AvgIpc) is 2.91. The molecule has 0 spiro atoms. The third kappa shape index (κ3) is 5.48. The van der Waals surface area contributed by atoms with Gasteiger partial charge in [-0.1, -0.05) is 25.1 Å². The number of carbonyl (C=O) groups is 1. The van der Waals surface area contributed by atoms with Crippen LogP contribution in [0.5, 0.6) is 0 Å². The zero-order valence-corrected chi connectivity index (χ0v) is 17.5. The molecule has 0 amide bonds. The number of aliphatic imine (C=N–C) groups is 1. The van der Waals surface area contributed by atoms with Crippen LogP contribution in [-0.4, -0.2) is 29.6 Å². The molecule has 0 radical (unpaired) electrons. The standard InChI is InChI=1S/C21H23N3O3.BrH/c1-16-7-12-21(22-14-13-16)23(18-5-3-2-4-6-18)15-20(25)17-8-10-19(11-9-17)24(26)27;/h2-6,8-11,16H,7,12-15H2,1H3;1H. The Hall–Kier alpha value is -2.54. The van der Waals surface area contributed by atoms with E-state index in [4.69, 9.17) is 4.99 Å². The van der Waals surface area contributed by atoms with Gasteiger partial charge in [-0.05, 0) is 43.0 Å².